The third-order valence-corrected chi connectivity index (χ3v) is 1.69. The van der Waals surface area contributed by atoms with Crippen LogP contribution in [-0.4, -0.2) is 18.4 Å². The normalized spacial score (nSPS) is 11.1. The van der Waals surface area contributed by atoms with Gasteiger partial charge in [0.2, 0.25) is 5.88 Å². The highest BCUT2D eigenvalue weighted by molar-refractivity contribution is 5.82. The third kappa shape index (κ3) is 2.48. The van der Waals surface area contributed by atoms with E-state index in [0.717, 1.165) is 5.69 Å². The summed E-state index contributed by atoms with van der Waals surface area (Å²) in [6.45, 7) is 6.02. The van der Waals surface area contributed by atoms with Crippen LogP contribution in [0.2, 0.25) is 0 Å². The molecule has 0 unspecified atom stereocenters. The summed E-state index contributed by atoms with van der Waals surface area (Å²) in [5.74, 6) is 0.293. The second-order valence-corrected chi connectivity index (χ2v) is 3.94. The number of aromatic nitrogens is 1. The Labute approximate surface area is 82.4 Å². The van der Waals surface area contributed by atoms with E-state index < -0.39 is 6.09 Å². The first-order valence-corrected chi connectivity index (χ1v) is 4.25. The van der Waals surface area contributed by atoms with Gasteiger partial charge in [0.25, 0.3) is 0 Å². The Morgan fingerprint density at radius 1 is 1.57 bits per heavy atom. The summed E-state index contributed by atoms with van der Waals surface area (Å²) < 4.78 is 9.31. The quantitative estimate of drug-likeness (QED) is 0.750. The number of nitrogens with zero attached hydrogens (tertiary/aromatic N) is 1. The molecule has 1 rings (SSSR count). The molecule has 0 aliphatic carbocycles. The van der Waals surface area contributed by atoms with E-state index in [2.05, 4.69) is 15.2 Å². The minimum absolute atomic E-state index is 0.0977. The van der Waals surface area contributed by atoms with E-state index in [9.17, 15) is 4.79 Å². The lowest BCUT2D eigenvalue weighted by Gasteiger charge is -2.12. The van der Waals surface area contributed by atoms with Crippen molar-refractivity contribution in [3.05, 3.63) is 11.8 Å². The molecular formula is C9H14N2O3. The van der Waals surface area contributed by atoms with Crippen molar-refractivity contribution in [2.45, 2.75) is 26.2 Å². The van der Waals surface area contributed by atoms with E-state index in [1.54, 1.807) is 6.07 Å². The van der Waals surface area contributed by atoms with Crippen molar-refractivity contribution in [2.24, 2.45) is 0 Å². The van der Waals surface area contributed by atoms with Gasteiger partial charge in [-0.25, -0.2) is 4.79 Å². The topological polar surface area (TPSA) is 64.4 Å². The zero-order valence-electron chi connectivity index (χ0n) is 8.75. The van der Waals surface area contributed by atoms with Crippen LogP contribution in [0.3, 0.4) is 0 Å². The summed E-state index contributed by atoms with van der Waals surface area (Å²) in [4.78, 5) is 10.8. The van der Waals surface area contributed by atoms with Crippen LogP contribution in [0.1, 0.15) is 26.5 Å². The Morgan fingerprint density at radius 3 is 2.64 bits per heavy atom. The van der Waals surface area contributed by atoms with Gasteiger partial charge in [0.1, 0.15) is 0 Å². The lowest BCUT2D eigenvalue weighted by atomic mass is 9.92. The molecule has 0 aliphatic rings. The average molecular weight is 198 g/mol. The van der Waals surface area contributed by atoms with Gasteiger partial charge in [-0.2, -0.15) is 0 Å². The fraction of sp³-hybridized carbons (Fsp3) is 0.556. The number of hydrogen-bond acceptors (Lipinski definition) is 4. The number of carbonyl (C=O) groups excluding carboxylic acids is 1. The maximum Gasteiger partial charge on any atom is 0.413 e. The summed E-state index contributed by atoms with van der Waals surface area (Å²) >= 11 is 0. The van der Waals surface area contributed by atoms with Gasteiger partial charge in [-0.05, 0) is 0 Å². The van der Waals surface area contributed by atoms with Gasteiger partial charge in [-0.1, -0.05) is 25.9 Å². The number of carbonyl (C=O) groups is 1. The van der Waals surface area contributed by atoms with E-state index in [0.29, 0.717) is 5.88 Å². The fourth-order valence-electron chi connectivity index (χ4n) is 0.839. The third-order valence-electron chi connectivity index (χ3n) is 1.69. The number of nitrogens with one attached hydrogen (secondary N) is 1. The van der Waals surface area contributed by atoms with Crippen molar-refractivity contribution in [2.75, 3.05) is 12.4 Å². The van der Waals surface area contributed by atoms with E-state index in [1.165, 1.54) is 7.11 Å². The molecule has 1 aromatic rings. The maximum absolute atomic E-state index is 10.8. The van der Waals surface area contributed by atoms with Gasteiger partial charge in [0.05, 0.1) is 12.8 Å². The largest absolute Gasteiger partial charge is 0.453 e. The highest BCUT2D eigenvalue weighted by Gasteiger charge is 2.19. The van der Waals surface area contributed by atoms with E-state index >= 15 is 0 Å². The fourth-order valence-corrected chi connectivity index (χ4v) is 0.839. The smallest absolute Gasteiger partial charge is 0.413 e. The van der Waals surface area contributed by atoms with Crippen LogP contribution in [-0.2, 0) is 10.2 Å². The molecule has 14 heavy (non-hydrogen) atoms. The molecule has 0 atom stereocenters. The monoisotopic (exact) mass is 198 g/mol. The van der Waals surface area contributed by atoms with Crippen LogP contribution in [0.5, 0.6) is 0 Å². The van der Waals surface area contributed by atoms with Crippen LogP contribution in [0.4, 0.5) is 10.7 Å². The van der Waals surface area contributed by atoms with Gasteiger partial charge in [0.15, 0.2) is 0 Å². The summed E-state index contributed by atoms with van der Waals surface area (Å²) in [6, 6.07) is 1.68. The molecule has 0 saturated carbocycles. The summed E-state index contributed by atoms with van der Waals surface area (Å²) in [7, 11) is 1.29. The van der Waals surface area contributed by atoms with Crippen molar-refractivity contribution in [1.82, 2.24) is 5.16 Å². The van der Waals surface area contributed by atoms with Gasteiger partial charge >= 0.3 is 6.09 Å². The van der Waals surface area contributed by atoms with E-state index in [-0.39, 0.29) is 5.41 Å². The number of hydrogen-bond donors (Lipinski definition) is 1. The molecule has 0 spiro atoms. The Kier molecular flexibility index (Phi) is 2.78. The molecule has 0 aliphatic heterocycles. The molecule has 1 amide bonds. The summed E-state index contributed by atoms with van der Waals surface area (Å²) in [6.07, 6.45) is -0.568. The van der Waals surface area contributed by atoms with E-state index in [4.69, 9.17) is 4.52 Å². The summed E-state index contributed by atoms with van der Waals surface area (Å²) in [5, 5.41) is 6.22. The Balaban J connectivity index is 2.74. The number of anilines is 1. The van der Waals surface area contributed by atoms with Crippen molar-refractivity contribution in [1.29, 1.82) is 0 Å². The standard InChI is InChI=1S/C9H14N2O3/c1-9(2,3)6-5-7(14-11-6)10-8(12)13-4/h5H,1-4H3,(H,10,12). The molecule has 0 radical (unpaired) electrons. The van der Waals surface area contributed by atoms with Crippen molar-refractivity contribution < 1.29 is 14.1 Å². The molecule has 0 fully saturated rings. The predicted octanol–water partition coefficient (Wildman–Crippen LogP) is 2.15. The molecule has 0 bridgehead atoms. The Hall–Kier alpha value is -1.52. The molecule has 5 heteroatoms. The molecule has 1 N–H and O–H groups in total. The van der Waals surface area contributed by atoms with Crippen LogP contribution in [0.15, 0.2) is 10.6 Å². The SMILES string of the molecule is COC(=O)Nc1cc(C(C)(C)C)no1. The minimum Gasteiger partial charge on any atom is -0.453 e. The molecule has 5 nitrogen and oxygen atoms in total. The minimum atomic E-state index is -0.568. The molecule has 0 saturated heterocycles. The molecule has 0 aromatic carbocycles. The lowest BCUT2D eigenvalue weighted by molar-refractivity contribution is 0.186. The molecule has 78 valence electrons. The summed E-state index contributed by atoms with van der Waals surface area (Å²) in [5.41, 5.74) is 0.684. The zero-order chi connectivity index (χ0) is 10.8. The predicted molar refractivity (Wildman–Crippen MR) is 51.2 cm³/mol. The van der Waals surface area contributed by atoms with Gasteiger partial charge in [0, 0.05) is 11.5 Å². The van der Waals surface area contributed by atoms with E-state index in [1.807, 2.05) is 20.8 Å². The van der Waals surface area contributed by atoms with Crippen molar-refractivity contribution in [3.8, 4) is 0 Å². The maximum atomic E-state index is 10.8. The highest BCUT2D eigenvalue weighted by Crippen LogP contribution is 2.23. The average Bonchev–Trinajstić information content (AvgIpc) is 2.51. The van der Waals surface area contributed by atoms with Crippen LogP contribution >= 0.6 is 0 Å². The molecular weight excluding hydrogens is 184 g/mol. The van der Waals surface area contributed by atoms with Crippen LogP contribution in [0, 0.1) is 0 Å². The van der Waals surface area contributed by atoms with Gasteiger partial charge in [-0.3, -0.25) is 5.32 Å². The number of methoxy groups -OCH3 is 1. The van der Waals surface area contributed by atoms with Crippen LogP contribution in [0.25, 0.3) is 0 Å². The first-order chi connectivity index (χ1) is 6.43. The molecule has 1 aromatic heterocycles. The number of amides is 1. The molecule has 1 heterocycles. The first-order valence-electron chi connectivity index (χ1n) is 4.25. The number of ether oxygens (including phenoxy) is 1. The Morgan fingerprint density at radius 2 is 2.21 bits per heavy atom. The first kappa shape index (κ1) is 10.6. The second kappa shape index (κ2) is 3.69. The van der Waals surface area contributed by atoms with Crippen LogP contribution < -0.4 is 5.32 Å². The van der Waals surface area contributed by atoms with Gasteiger partial charge < -0.3 is 9.26 Å². The Bertz CT molecular complexity index is 325. The number of rotatable bonds is 1. The van der Waals surface area contributed by atoms with Gasteiger partial charge in [-0.15, -0.1) is 0 Å². The van der Waals surface area contributed by atoms with Crippen molar-refractivity contribution >= 4 is 12.0 Å². The lowest BCUT2D eigenvalue weighted by Crippen LogP contribution is -2.12. The second-order valence-electron chi connectivity index (χ2n) is 3.94. The highest BCUT2D eigenvalue weighted by atomic mass is 16.5. The zero-order valence-corrected chi connectivity index (χ0v) is 8.75. The van der Waals surface area contributed by atoms with Crippen molar-refractivity contribution in [3.63, 3.8) is 0 Å².